The largest absolute Gasteiger partial charge is 0.492 e. The maximum atomic E-state index is 5.70. The minimum atomic E-state index is 0.107. The molecule has 1 aromatic heterocycles. The molecule has 1 aliphatic heterocycles. The van der Waals surface area contributed by atoms with Crippen molar-refractivity contribution in [3.63, 3.8) is 0 Å². The molecule has 1 aliphatic rings. The molecule has 0 saturated heterocycles. The number of nitrogens with zero attached hydrogens (tertiary/aromatic N) is 2. The molecule has 1 N–H and O–H groups in total. The van der Waals surface area contributed by atoms with Gasteiger partial charge in [0.15, 0.2) is 0 Å². The van der Waals surface area contributed by atoms with Crippen molar-refractivity contribution >= 4 is 21.7 Å². The van der Waals surface area contributed by atoms with Crippen LogP contribution in [0.2, 0.25) is 0 Å². The van der Waals surface area contributed by atoms with E-state index in [1.54, 1.807) is 0 Å². The van der Waals surface area contributed by atoms with E-state index >= 15 is 0 Å². The van der Waals surface area contributed by atoms with Crippen LogP contribution >= 0.6 is 15.9 Å². The molecule has 3 rings (SSSR count). The number of fused-ring (bicyclic) bond motifs is 1. The number of aromatic nitrogens is 2. The van der Waals surface area contributed by atoms with Gasteiger partial charge in [0.1, 0.15) is 24.0 Å². The van der Waals surface area contributed by atoms with Crippen LogP contribution in [0.1, 0.15) is 23.0 Å². The molecular formula is C14H14BrN3O. The first-order valence-corrected chi connectivity index (χ1v) is 6.93. The van der Waals surface area contributed by atoms with Crippen molar-refractivity contribution < 1.29 is 4.74 Å². The van der Waals surface area contributed by atoms with Gasteiger partial charge in [-0.15, -0.1) is 0 Å². The fraction of sp³-hybridized carbons (Fsp3) is 0.286. The van der Waals surface area contributed by atoms with Gasteiger partial charge in [0, 0.05) is 12.6 Å². The van der Waals surface area contributed by atoms with Crippen LogP contribution in [0.3, 0.4) is 0 Å². The first-order valence-electron chi connectivity index (χ1n) is 6.14. The Morgan fingerprint density at radius 1 is 1.32 bits per heavy atom. The zero-order valence-corrected chi connectivity index (χ0v) is 12.4. The molecule has 2 aromatic rings. The summed E-state index contributed by atoms with van der Waals surface area (Å²) in [5.41, 5.74) is 2.09. The zero-order valence-electron chi connectivity index (χ0n) is 10.8. The highest BCUT2D eigenvalue weighted by Gasteiger charge is 2.28. The van der Waals surface area contributed by atoms with E-state index in [1.165, 1.54) is 0 Å². The van der Waals surface area contributed by atoms with Crippen molar-refractivity contribution in [1.29, 1.82) is 0 Å². The van der Waals surface area contributed by atoms with E-state index in [4.69, 9.17) is 4.74 Å². The Hall–Kier alpha value is -1.62. The molecule has 0 radical (unpaired) electrons. The van der Waals surface area contributed by atoms with E-state index in [-0.39, 0.29) is 5.92 Å². The smallest absolute Gasteiger partial charge is 0.144 e. The number of benzene rings is 1. The molecule has 2 heterocycles. The molecule has 19 heavy (non-hydrogen) atoms. The van der Waals surface area contributed by atoms with Gasteiger partial charge in [0.2, 0.25) is 0 Å². The van der Waals surface area contributed by atoms with Crippen molar-refractivity contribution in [2.75, 3.05) is 19.0 Å². The van der Waals surface area contributed by atoms with Gasteiger partial charge in [0.25, 0.3) is 0 Å². The third-order valence-electron chi connectivity index (χ3n) is 3.28. The summed E-state index contributed by atoms with van der Waals surface area (Å²) in [5.74, 6) is 2.65. The second kappa shape index (κ2) is 4.81. The van der Waals surface area contributed by atoms with Crippen LogP contribution in [0.25, 0.3) is 0 Å². The first kappa shape index (κ1) is 12.4. The number of rotatable bonds is 2. The molecule has 1 aromatic carbocycles. The highest BCUT2D eigenvalue weighted by Crippen LogP contribution is 2.37. The van der Waals surface area contributed by atoms with Gasteiger partial charge in [-0.3, -0.25) is 0 Å². The Labute approximate surface area is 120 Å². The number of para-hydroxylation sites is 1. The lowest BCUT2D eigenvalue weighted by Gasteiger charge is -2.12. The molecule has 0 aliphatic carbocycles. The van der Waals surface area contributed by atoms with E-state index in [0.29, 0.717) is 6.61 Å². The third kappa shape index (κ3) is 2.08. The number of nitrogens with one attached hydrogen (secondary N) is 1. The van der Waals surface area contributed by atoms with Gasteiger partial charge < -0.3 is 10.1 Å². The van der Waals surface area contributed by atoms with Gasteiger partial charge in [-0.25, -0.2) is 9.97 Å². The van der Waals surface area contributed by atoms with Crippen molar-refractivity contribution in [2.45, 2.75) is 12.8 Å². The summed E-state index contributed by atoms with van der Waals surface area (Å²) in [6.45, 7) is 2.57. The lowest BCUT2D eigenvalue weighted by atomic mass is 10.0. The van der Waals surface area contributed by atoms with E-state index in [9.17, 15) is 0 Å². The quantitative estimate of drug-likeness (QED) is 0.924. The fourth-order valence-electron chi connectivity index (χ4n) is 2.28. The van der Waals surface area contributed by atoms with Crippen LogP contribution < -0.4 is 10.1 Å². The predicted molar refractivity (Wildman–Crippen MR) is 77.8 cm³/mol. The van der Waals surface area contributed by atoms with Crippen molar-refractivity contribution in [3.05, 3.63) is 45.8 Å². The number of hydrogen-bond acceptors (Lipinski definition) is 4. The van der Waals surface area contributed by atoms with E-state index in [0.717, 1.165) is 33.1 Å². The average molecular weight is 320 g/mol. The van der Waals surface area contributed by atoms with Gasteiger partial charge in [-0.1, -0.05) is 18.2 Å². The fourth-order valence-corrected chi connectivity index (χ4v) is 2.65. The molecule has 98 valence electrons. The molecule has 5 heteroatoms. The minimum absolute atomic E-state index is 0.107. The normalized spacial score (nSPS) is 16.9. The summed E-state index contributed by atoms with van der Waals surface area (Å²) in [7, 11) is 1.86. The maximum Gasteiger partial charge on any atom is 0.144 e. The van der Waals surface area contributed by atoms with Crippen LogP contribution in [0.15, 0.2) is 28.7 Å². The van der Waals surface area contributed by atoms with Crippen LogP contribution in [0, 0.1) is 6.92 Å². The van der Waals surface area contributed by atoms with Gasteiger partial charge in [-0.05, 0) is 28.9 Å². The van der Waals surface area contributed by atoms with Crippen LogP contribution in [-0.4, -0.2) is 23.6 Å². The average Bonchev–Trinajstić information content (AvgIpc) is 2.85. The third-order valence-corrected chi connectivity index (χ3v) is 4.23. The van der Waals surface area contributed by atoms with Gasteiger partial charge in [-0.2, -0.15) is 0 Å². The number of aryl methyl sites for hydroxylation is 1. The highest BCUT2D eigenvalue weighted by atomic mass is 79.9. The molecular weight excluding hydrogens is 306 g/mol. The Morgan fingerprint density at radius 3 is 2.89 bits per heavy atom. The molecule has 4 nitrogen and oxygen atoms in total. The molecule has 0 spiro atoms. The van der Waals surface area contributed by atoms with E-state index < -0.39 is 0 Å². The summed E-state index contributed by atoms with van der Waals surface area (Å²) < 4.78 is 6.61. The second-order valence-electron chi connectivity index (χ2n) is 4.48. The number of halogens is 1. The Balaban J connectivity index is 2.07. The summed E-state index contributed by atoms with van der Waals surface area (Å²) in [6.07, 6.45) is 0. The second-order valence-corrected chi connectivity index (χ2v) is 5.27. The predicted octanol–water partition coefficient (Wildman–Crippen LogP) is 3.11. The van der Waals surface area contributed by atoms with Crippen LogP contribution in [0.5, 0.6) is 5.75 Å². The topological polar surface area (TPSA) is 47.0 Å². The Kier molecular flexibility index (Phi) is 3.14. The highest BCUT2D eigenvalue weighted by molar-refractivity contribution is 9.10. The lowest BCUT2D eigenvalue weighted by Crippen LogP contribution is -2.11. The zero-order chi connectivity index (χ0) is 13.4. The number of ether oxygens (including phenoxy) is 1. The number of anilines is 1. The molecule has 1 atom stereocenters. The summed E-state index contributed by atoms with van der Waals surface area (Å²) in [6, 6.07) is 8.06. The molecule has 1 unspecified atom stereocenters. The van der Waals surface area contributed by atoms with Crippen molar-refractivity contribution in [2.24, 2.45) is 0 Å². The Morgan fingerprint density at radius 2 is 2.11 bits per heavy atom. The Bertz CT molecular complexity index is 630. The molecule has 0 amide bonds. The van der Waals surface area contributed by atoms with Crippen molar-refractivity contribution in [3.8, 4) is 5.75 Å². The monoisotopic (exact) mass is 319 g/mol. The molecule has 0 saturated carbocycles. The molecule has 0 fully saturated rings. The van der Waals surface area contributed by atoms with Crippen LogP contribution in [0.4, 0.5) is 5.82 Å². The van der Waals surface area contributed by atoms with Gasteiger partial charge >= 0.3 is 0 Å². The SMILES string of the molecule is CNc1nc(C2COc3ccccc32)nc(C)c1Br. The summed E-state index contributed by atoms with van der Waals surface area (Å²) in [4.78, 5) is 9.17. The summed E-state index contributed by atoms with van der Waals surface area (Å²) in [5, 5.41) is 3.09. The lowest BCUT2D eigenvalue weighted by molar-refractivity contribution is 0.339. The number of hydrogen-bond donors (Lipinski definition) is 1. The summed E-state index contributed by atoms with van der Waals surface area (Å²) >= 11 is 3.50. The van der Waals surface area contributed by atoms with E-state index in [2.05, 4.69) is 37.3 Å². The van der Waals surface area contributed by atoms with Gasteiger partial charge in [0.05, 0.1) is 16.1 Å². The van der Waals surface area contributed by atoms with Crippen LogP contribution in [-0.2, 0) is 0 Å². The maximum absolute atomic E-state index is 5.70. The minimum Gasteiger partial charge on any atom is -0.492 e. The molecule has 0 bridgehead atoms. The first-order chi connectivity index (χ1) is 9.20. The van der Waals surface area contributed by atoms with Crippen molar-refractivity contribution in [1.82, 2.24) is 9.97 Å². The standard InChI is InChI=1S/C14H14BrN3O/c1-8-12(15)14(16-2)18-13(17-8)10-7-19-11-6-4-3-5-9(10)11/h3-6,10H,7H2,1-2H3,(H,16,17,18). The van der Waals surface area contributed by atoms with E-state index in [1.807, 2.05) is 32.2 Å².